The third-order valence-electron chi connectivity index (χ3n) is 3.09. The van der Waals surface area contributed by atoms with Crippen molar-refractivity contribution in [1.29, 1.82) is 0 Å². The van der Waals surface area contributed by atoms with E-state index in [1.165, 1.54) is 12.8 Å². The van der Waals surface area contributed by atoms with Gasteiger partial charge in [-0.2, -0.15) is 0 Å². The summed E-state index contributed by atoms with van der Waals surface area (Å²) in [5.41, 5.74) is 0. The van der Waals surface area contributed by atoms with E-state index < -0.39 is 0 Å². The van der Waals surface area contributed by atoms with Crippen LogP contribution in [0.4, 0.5) is 0 Å². The largest absolute Gasteiger partial charge is 0.341 e. The quantitative estimate of drug-likeness (QED) is 0.550. The molecule has 1 aliphatic carbocycles. The summed E-state index contributed by atoms with van der Waals surface area (Å²) in [6.07, 6.45) is 9.05. The fourth-order valence-corrected chi connectivity index (χ4v) is 2.71. The molecule has 0 aromatic rings. The molecule has 2 atom stereocenters. The van der Waals surface area contributed by atoms with Crippen molar-refractivity contribution in [3.63, 3.8) is 0 Å². The van der Waals surface area contributed by atoms with Crippen molar-refractivity contribution in [3.8, 4) is 0 Å². The molecule has 1 amide bonds. The number of allylic oxidation sites excluding steroid dienone is 2. The first-order valence-electron chi connectivity index (χ1n) is 5.35. The van der Waals surface area contributed by atoms with E-state index in [0.717, 1.165) is 25.9 Å². The number of amides is 1. The van der Waals surface area contributed by atoms with Crippen molar-refractivity contribution in [3.05, 3.63) is 12.2 Å². The van der Waals surface area contributed by atoms with Gasteiger partial charge in [0.1, 0.15) is 0 Å². The van der Waals surface area contributed by atoms with Gasteiger partial charge >= 0.3 is 0 Å². The first-order valence-corrected chi connectivity index (χ1v) is 6.27. The van der Waals surface area contributed by atoms with Gasteiger partial charge in [0.25, 0.3) is 0 Å². The molecule has 1 heterocycles. The van der Waals surface area contributed by atoms with Gasteiger partial charge in [-0.25, -0.2) is 0 Å². The predicted molar refractivity (Wildman–Crippen MR) is 60.4 cm³/mol. The molecule has 1 fully saturated rings. The van der Waals surface area contributed by atoms with Crippen LogP contribution in [0.5, 0.6) is 0 Å². The predicted octanol–water partition coefficient (Wildman–Crippen LogP) is 2.34. The van der Waals surface area contributed by atoms with Crippen LogP contribution in [0.1, 0.15) is 25.7 Å². The Morgan fingerprint density at radius 3 is 2.86 bits per heavy atom. The van der Waals surface area contributed by atoms with Crippen molar-refractivity contribution >= 4 is 21.8 Å². The molecule has 2 rings (SSSR count). The van der Waals surface area contributed by atoms with Crippen molar-refractivity contribution in [2.75, 3.05) is 13.1 Å². The number of hydrogen-bond acceptors (Lipinski definition) is 1. The topological polar surface area (TPSA) is 20.3 Å². The highest BCUT2D eigenvalue weighted by Gasteiger charge is 2.30. The minimum atomic E-state index is 0.0848. The van der Waals surface area contributed by atoms with Crippen LogP contribution in [0.25, 0.3) is 0 Å². The number of likely N-dealkylation sites (tertiary alicyclic amines) is 1. The SMILES string of the molecule is O=C1C(Br)CCN1CC1CC=CCC1. The summed E-state index contributed by atoms with van der Waals surface area (Å²) in [5.74, 6) is 0.987. The zero-order valence-corrected chi connectivity index (χ0v) is 9.87. The highest BCUT2D eigenvalue weighted by atomic mass is 79.9. The van der Waals surface area contributed by atoms with Crippen molar-refractivity contribution in [1.82, 2.24) is 4.90 Å². The molecule has 2 nitrogen and oxygen atoms in total. The Labute approximate surface area is 93.5 Å². The molecule has 0 N–H and O–H groups in total. The zero-order chi connectivity index (χ0) is 9.97. The number of rotatable bonds is 2. The van der Waals surface area contributed by atoms with Gasteiger partial charge in [-0.15, -0.1) is 0 Å². The van der Waals surface area contributed by atoms with Crippen molar-refractivity contribution in [2.24, 2.45) is 5.92 Å². The van der Waals surface area contributed by atoms with E-state index in [1.54, 1.807) is 0 Å². The van der Waals surface area contributed by atoms with Crippen LogP contribution in [0.3, 0.4) is 0 Å². The van der Waals surface area contributed by atoms with E-state index in [9.17, 15) is 4.79 Å². The lowest BCUT2D eigenvalue weighted by atomic mass is 9.94. The average molecular weight is 258 g/mol. The van der Waals surface area contributed by atoms with Gasteiger partial charge in [-0.1, -0.05) is 28.1 Å². The molecule has 0 aromatic carbocycles. The number of nitrogens with zero attached hydrogens (tertiary/aromatic N) is 1. The molecule has 2 aliphatic rings. The number of carbonyl (C=O) groups is 1. The first kappa shape index (κ1) is 10.2. The van der Waals surface area contributed by atoms with E-state index in [0.29, 0.717) is 11.8 Å². The highest BCUT2D eigenvalue weighted by Crippen LogP contribution is 2.24. The van der Waals surface area contributed by atoms with Crippen LogP contribution in [-0.4, -0.2) is 28.7 Å². The van der Waals surface area contributed by atoms with E-state index in [1.807, 2.05) is 4.90 Å². The standard InChI is InChI=1S/C11H16BrNO/c12-10-6-7-13(11(10)14)8-9-4-2-1-3-5-9/h1-2,9-10H,3-8H2. The zero-order valence-electron chi connectivity index (χ0n) is 8.29. The van der Waals surface area contributed by atoms with Crippen LogP contribution in [0, 0.1) is 5.92 Å². The molecule has 0 aromatic heterocycles. The number of halogens is 1. The number of hydrogen-bond donors (Lipinski definition) is 0. The molecule has 0 saturated carbocycles. The van der Waals surface area contributed by atoms with Crippen molar-refractivity contribution in [2.45, 2.75) is 30.5 Å². The Hall–Kier alpha value is -0.310. The minimum Gasteiger partial charge on any atom is -0.341 e. The Bertz CT molecular complexity index is 252. The molecule has 0 spiro atoms. The molecular formula is C11H16BrNO. The minimum absolute atomic E-state index is 0.0848. The average Bonchev–Trinajstić information content (AvgIpc) is 2.52. The summed E-state index contributed by atoms with van der Waals surface area (Å²) < 4.78 is 0. The Balaban J connectivity index is 1.85. The Morgan fingerprint density at radius 2 is 2.29 bits per heavy atom. The van der Waals surface area contributed by atoms with Gasteiger partial charge in [-0.3, -0.25) is 4.79 Å². The second-order valence-electron chi connectivity index (χ2n) is 4.19. The smallest absolute Gasteiger partial charge is 0.236 e. The monoisotopic (exact) mass is 257 g/mol. The molecule has 0 radical (unpaired) electrons. The maximum absolute atomic E-state index is 11.6. The second-order valence-corrected chi connectivity index (χ2v) is 5.30. The van der Waals surface area contributed by atoms with Crippen molar-refractivity contribution < 1.29 is 4.79 Å². The van der Waals surface area contributed by atoms with E-state index in [-0.39, 0.29) is 4.83 Å². The van der Waals surface area contributed by atoms with Gasteiger partial charge in [0.15, 0.2) is 0 Å². The molecule has 3 heteroatoms. The Morgan fingerprint density at radius 1 is 1.43 bits per heavy atom. The number of alkyl halides is 1. The fraction of sp³-hybridized carbons (Fsp3) is 0.727. The third kappa shape index (κ3) is 2.19. The number of carbonyl (C=O) groups excluding carboxylic acids is 1. The highest BCUT2D eigenvalue weighted by molar-refractivity contribution is 9.10. The lowest BCUT2D eigenvalue weighted by molar-refractivity contribution is -0.127. The van der Waals surface area contributed by atoms with Crippen LogP contribution in [-0.2, 0) is 4.79 Å². The molecule has 1 saturated heterocycles. The first-order chi connectivity index (χ1) is 6.77. The molecule has 1 aliphatic heterocycles. The maximum Gasteiger partial charge on any atom is 0.236 e. The molecule has 78 valence electrons. The van der Waals surface area contributed by atoms with Crippen LogP contribution in [0.15, 0.2) is 12.2 Å². The van der Waals surface area contributed by atoms with Gasteiger partial charge in [0.05, 0.1) is 4.83 Å². The fourth-order valence-electron chi connectivity index (χ4n) is 2.22. The second kappa shape index (κ2) is 4.47. The van der Waals surface area contributed by atoms with Gasteiger partial charge in [-0.05, 0) is 31.6 Å². The van der Waals surface area contributed by atoms with Gasteiger partial charge < -0.3 is 4.90 Å². The lowest BCUT2D eigenvalue weighted by Crippen LogP contribution is -2.32. The third-order valence-corrected chi connectivity index (χ3v) is 3.94. The molecular weight excluding hydrogens is 242 g/mol. The summed E-state index contributed by atoms with van der Waals surface area (Å²) in [4.78, 5) is 13.7. The summed E-state index contributed by atoms with van der Waals surface area (Å²) in [7, 11) is 0. The Kier molecular flexibility index (Phi) is 3.26. The van der Waals surface area contributed by atoms with Gasteiger partial charge in [0, 0.05) is 13.1 Å². The maximum atomic E-state index is 11.6. The van der Waals surface area contributed by atoms with Crippen LogP contribution < -0.4 is 0 Å². The van der Waals surface area contributed by atoms with E-state index >= 15 is 0 Å². The molecule has 14 heavy (non-hydrogen) atoms. The lowest BCUT2D eigenvalue weighted by Gasteiger charge is -2.24. The van der Waals surface area contributed by atoms with Crippen LogP contribution in [0.2, 0.25) is 0 Å². The van der Waals surface area contributed by atoms with E-state index in [4.69, 9.17) is 0 Å². The van der Waals surface area contributed by atoms with Crippen LogP contribution >= 0.6 is 15.9 Å². The normalized spacial score (nSPS) is 32.6. The molecule has 0 bridgehead atoms. The summed E-state index contributed by atoms with van der Waals surface area (Å²) >= 11 is 3.40. The molecule has 2 unspecified atom stereocenters. The summed E-state index contributed by atoms with van der Waals surface area (Å²) in [5, 5.41) is 0. The summed E-state index contributed by atoms with van der Waals surface area (Å²) in [6, 6.07) is 0. The summed E-state index contributed by atoms with van der Waals surface area (Å²) in [6.45, 7) is 1.90. The van der Waals surface area contributed by atoms with E-state index in [2.05, 4.69) is 28.1 Å². The van der Waals surface area contributed by atoms with Gasteiger partial charge in [0.2, 0.25) is 5.91 Å².